The van der Waals surface area contributed by atoms with Crippen LogP contribution in [0.3, 0.4) is 0 Å². The lowest BCUT2D eigenvalue weighted by atomic mass is 9.92. The highest BCUT2D eigenvalue weighted by Crippen LogP contribution is 2.33. The summed E-state index contributed by atoms with van der Waals surface area (Å²) in [5, 5.41) is 4.47. The van der Waals surface area contributed by atoms with E-state index < -0.39 is 5.54 Å². The Morgan fingerprint density at radius 3 is 2.50 bits per heavy atom. The number of fused-ring (bicyclic) bond motifs is 3. The van der Waals surface area contributed by atoms with Crippen LogP contribution in [0.25, 0.3) is 10.9 Å². The average Bonchev–Trinajstić information content (AvgIpc) is 3.22. The van der Waals surface area contributed by atoms with Gasteiger partial charge in [0.1, 0.15) is 11.2 Å². The quantitative estimate of drug-likeness (QED) is 0.591. The van der Waals surface area contributed by atoms with Gasteiger partial charge in [-0.2, -0.15) is 0 Å². The van der Waals surface area contributed by atoms with Gasteiger partial charge in [-0.1, -0.05) is 56.7 Å². The lowest BCUT2D eigenvalue weighted by Gasteiger charge is -2.45. The van der Waals surface area contributed by atoms with Crippen molar-refractivity contribution in [1.82, 2.24) is 19.7 Å². The zero-order valence-electron chi connectivity index (χ0n) is 22.3. The number of carbonyl (C=O) groups excluding carboxylic acids is 2. The van der Waals surface area contributed by atoms with Crippen LogP contribution in [-0.4, -0.2) is 63.4 Å². The smallest absolute Gasteiger partial charge is 0.271 e. The normalized spacial score (nSPS) is 26.4. The van der Waals surface area contributed by atoms with Crippen LogP contribution in [0.5, 0.6) is 0 Å². The van der Waals surface area contributed by atoms with E-state index >= 15 is 0 Å². The number of piperidine rings is 1. The predicted octanol–water partition coefficient (Wildman–Crippen LogP) is 5.35. The summed E-state index contributed by atoms with van der Waals surface area (Å²) in [5.74, 6) is -0.00402. The number of hydrogen-bond acceptors (Lipinski definition) is 3. The molecule has 1 saturated heterocycles. The van der Waals surface area contributed by atoms with Crippen LogP contribution in [-0.2, 0) is 11.3 Å². The maximum Gasteiger partial charge on any atom is 0.271 e. The molecule has 2 aliphatic heterocycles. The number of para-hydroxylation sites is 1. The third-order valence-corrected chi connectivity index (χ3v) is 9.03. The van der Waals surface area contributed by atoms with E-state index in [0.29, 0.717) is 24.8 Å². The van der Waals surface area contributed by atoms with Gasteiger partial charge in [-0.3, -0.25) is 9.59 Å². The minimum absolute atomic E-state index is 0.0104. The van der Waals surface area contributed by atoms with Crippen LogP contribution >= 0.6 is 0 Å². The molecule has 0 unspecified atom stereocenters. The first kappa shape index (κ1) is 25.3. The molecule has 1 N–H and O–H groups in total. The van der Waals surface area contributed by atoms with Crippen molar-refractivity contribution >= 4 is 22.7 Å². The molecule has 6 nitrogen and oxygen atoms in total. The summed E-state index contributed by atoms with van der Waals surface area (Å²) in [4.78, 5) is 32.4. The molecule has 1 saturated carbocycles. The van der Waals surface area contributed by atoms with E-state index in [-0.39, 0.29) is 17.9 Å². The highest BCUT2D eigenvalue weighted by Gasteiger charge is 2.47. The van der Waals surface area contributed by atoms with E-state index in [1.54, 1.807) is 0 Å². The van der Waals surface area contributed by atoms with Crippen molar-refractivity contribution in [2.24, 2.45) is 0 Å². The fourth-order valence-corrected chi connectivity index (χ4v) is 6.72. The third-order valence-electron chi connectivity index (χ3n) is 9.03. The number of aromatic nitrogens is 1. The summed E-state index contributed by atoms with van der Waals surface area (Å²) in [6.45, 7) is 7.54. The molecule has 3 heterocycles. The lowest BCUT2D eigenvalue weighted by Crippen LogP contribution is -2.65. The molecule has 2 amide bonds. The van der Waals surface area contributed by atoms with Crippen molar-refractivity contribution in [3.63, 3.8) is 0 Å². The zero-order chi connectivity index (χ0) is 25.1. The van der Waals surface area contributed by atoms with Crippen LogP contribution in [0.4, 0.5) is 0 Å². The minimum atomic E-state index is -0.901. The van der Waals surface area contributed by atoms with Crippen molar-refractivity contribution in [3.8, 4) is 0 Å². The van der Waals surface area contributed by atoms with E-state index in [1.165, 1.54) is 51.4 Å². The van der Waals surface area contributed by atoms with Gasteiger partial charge in [0.2, 0.25) is 5.91 Å². The molecular formula is C30H44N4O2. The van der Waals surface area contributed by atoms with E-state index in [2.05, 4.69) is 33.8 Å². The fraction of sp³-hybridized carbons (Fsp3) is 0.667. The number of carbonyl (C=O) groups is 2. The number of rotatable bonds is 6. The Balaban J connectivity index is 1.39. The summed E-state index contributed by atoms with van der Waals surface area (Å²) in [6, 6.07) is 11.0. The molecule has 1 aliphatic carbocycles. The molecule has 2 aromatic rings. The number of benzene rings is 1. The van der Waals surface area contributed by atoms with E-state index in [0.717, 1.165) is 43.3 Å². The third kappa shape index (κ3) is 5.06. The molecular weight excluding hydrogens is 448 g/mol. The summed E-state index contributed by atoms with van der Waals surface area (Å²) in [7, 11) is 0. The Kier molecular flexibility index (Phi) is 7.71. The van der Waals surface area contributed by atoms with Gasteiger partial charge in [0.15, 0.2) is 0 Å². The highest BCUT2D eigenvalue weighted by atomic mass is 16.2. The van der Waals surface area contributed by atoms with Gasteiger partial charge in [0.25, 0.3) is 5.91 Å². The van der Waals surface area contributed by atoms with Crippen molar-refractivity contribution in [1.29, 1.82) is 0 Å². The standard InChI is InChI=1S/C30H44N4O2/c1-23-13-10-11-18-32(23)19-12-20-34-28(35)27-21-24-14-8-9-17-26(24)33(27)22-30(34,2)29(36)31-25-15-6-4-3-5-7-16-25/h8-9,14,17,21,23,25H,3-7,10-13,15-16,18-20,22H2,1-2H3,(H,31,36)/t23-,30+/m0/s1. The second kappa shape index (κ2) is 11.0. The van der Waals surface area contributed by atoms with Gasteiger partial charge >= 0.3 is 0 Å². The summed E-state index contributed by atoms with van der Waals surface area (Å²) >= 11 is 0. The first-order valence-corrected chi connectivity index (χ1v) is 14.4. The molecule has 36 heavy (non-hydrogen) atoms. The topological polar surface area (TPSA) is 57.6 Å². The molecule has 0 radical (unpaired) electrons. The average molecular weight is 493 g/mol. The van der Waals surface area contributed by atoms with Crippen molar-refractivity contribution < 1.29 is 9.59 Å². The number of hydrogen-bond donors (Lipinski definition) is 1. The van der Waals surface area contributed by atoms with Crippen LogP contribution < -0.4 is 5.32 Å². The largest absolute Gasteiger partial charge is 0.351 e. The molecule has 1 aromatic heterocycles. The number of nitrogens with one attached hydrogen (secondary N) is 1. The van der Waals surface area contributed by atoms with Gasteiger partial charge in [-0.05, 0) is 64.6 Å². The van der Waals surface area contributed by atoms with Crippen molar-refractivity contribution in [3.05, 3.63) is 36.0 Å². The molecule has 196 valence electrons. The Bertz CT molecular complexity index is 1070. The Labute approximate surface area is 216 Å². The van der Waals surface area contributed by atoms with Gasteiger partial charge in [0.05, 0.1) is 6.54 Å². The van der Waals surface area contributed by atoms with Crippen molar-refractivity contribution in [2.45, 2.75) is 109 Å². The summed E-state index contributed by atoms with van der Waals surface area (Å²) < 4.78 is 2.08. The fourth-order valence-electron chi connectivity index (χ4n) is 6.72. The van der Waals surface area contributed by atoms with Gasteiger partial charge in [-0.15, -0.1) is 0 Å². The number of nitrogens with zero attached hydrogens (tertiary/aromatic N) is 3. The summed E-state index contributed by atoms with van der Waals surface area (Å²) in [6.07, 6.45) is 13.0. The first-order valence-electron chi connectivity index (χ1n) is 14.4. The predicted molar refractivity (Wildman–Crippen MR) is 145 cm³/mol. The molecule has 0 spiro atoms. The Morgan fingerprint density at radius 1 is 1.00 bits per heavy atom. The second-order valence-electron chi connectivity index (χ2n) is 11.7. The Hall–Kier alpha value is -2.34. The molecule has 5 rings (SSSR count). The van der Waals surface area contributed by atoms with Crippen LogP contribution in [0, 0.1) is 0 Å². The number of likely N-dealkylation sites (tertiary alicyclic amines) is 1. The summed E-state index contributed by atoms with van der Waals surface area (Å²) in [5.41, 5.74) is 0.841. The maximum atomic E-state index is 14.0. The lowest BCUT2D eigenvalue weighted by molar-refractivity contribution is -0.133. The van der Waals surface area contributed by atoms with Crippen molar-refractivity contribution in [2.75, 3.05) is 19.6 Å². The molecule has 2 atom stereocenters. The van der Waals surface area contributed by atoms with E-state index in [4.69, 9.17) is 0 Å². The molecule has 2 fully saturated rings. The van der Waals surface area contributed by atoms with Gasteiger partial charge < -0.3 is 19.7 Å². The van der Waals surface area contributed by atoms with Crippen LogP contribution in [0.15, 0.2) is 30.3 Å². The van der Waals surface area contributed by atoms with Gasteiger partial charge in [-0.25, -0.2) is 0 Å². The van der Waals surface area contributed by atoms with E-state index in [1.807, 2.05) is 30.0 Å². The monoisotopic (exact) mass is 492 g/mol. The van der Waals surface area contributed by atoms with Crippen LogP contribution in [0.2, 0.25) is 0 Å². The number of amides is 2. The first-order chi connectivity index (χ1) is 17.5. The van der Waals surface area contributed by atoms with E-state index in [9.17, 15) is 9.59 Å². The maximum absolute atomic E-state index is 14.0. The zero-order valence-corrected chi connectivity index (χ0v) is 22.3. The minimum Gasteiger partial charge on any atom is -0.351 e. The molecule has 3 aliphatic rings. The van der Waals surface area contributed by atoms with Crippen LogP contribution in [0.1, 0.15) is 95.0 Å². The Morgan fingerprint density at radius 2 is 1.72 bits per heavy atom. The molecule has 6 heteroatoms. The SMILES string of the molecule is C[C@H]1CCCCN1CCCN1C(=O)c2cc3ccccc3n2C[C@]1(C)C(=O)NC1CCCCCCC1. The van der Waals surface area contributed by atoms with Gasteiger partial charge in [0, 0.05) is 36.1 Å². The second-order valence-corrected chi connectivity index (χ2v) is 11.7. The molecule has 0 bridgehead atoms. The molecule has 1 aromatic carbocycles. The highest BCUT2D eigenvalue weighted by molar-refractivity contribution is 6.03.